The van der Waals surface area contributed by atoms with E-state index in [-0.39, 0.29) is 11.5 Å². The molecule has 1 rings (SSSR count). The van der Waals surface area contributed by atoms with Gasteiger partial charge in [-0.15, -0.1) is 0 Å². The van der Waals surface area contributed by atoms with Crippen molar-refractivity contribution in [3.05, 3.63) is 18.0 Å². The fourth-order valence-electron chi connectivity index (χ4n) is 1.72. The minimum Gasteiger partial charge on any atom is -0.390 e. The summed E-state index contributed by atoms with van der Waals surface area (Å²) in [5.41, 5.74) is 0.0940. The number of aliphatic hydroxyl groups is 1. The highest BCUT2D eigenvalue weighted by atomic mass is 32.2. The first kappa shape index (κ1) is 15.2. The normalized spacial score (nSPS) is 12.9. The molecule has 6 heteroatoms. The van der Waals surface area contributed by atoms with Crippen molar-refractivity contribution in [3.8, 4) is 0 Å². The van der Waals surface area contributed by atoms with Gasteiger partial charge >= 0.3 is 0 Å². The van der Waals surface area contributed by atoms with Gasteiger partial charge in [-0.05, 0) is 33.3 Å². The Morgan fingerprint density at radius 1 is 1.39 bits per heavy atom. The zero-order valence-corrected chi connectivity index (χ0v) is 12.2. The number of nitrogens with one attached hydrogen (secondary N) is 1. The Morgan fingerprint density at radius 3 is 2.44 bits per heavy atom. The van der Waals surface area contributed by atoms with Crippen LogP contribution in [0.15, 0.2) is 17.2 Å². The van der Waals surface area contributed by atoms with Gasteiger partial charge in [-0.2, -0.15) is 0 Å². The minimum absolute atomic E-state index is 0.162. The number of aromatic nitrogens is 1. The first-order chi connectivity index (χ1) is 8.19. The average Bonchev–Trinajstić information content (AvgIpc) is 2.58. The van der Waals surface area contributed by atoms with Gasteiger partial charge in [0, 0.05) is 24.0 Å². The molecule has 0 amide bonds. The summed E-state index contributed by atoms with van der Waals surface area (Å²) in [5.74, 6) is 0. The summed E-state index contributed by atoms with van der Waals surface area (Å²) in [7, 11) is -3.53. The summed E-state index contributed by atoms with van der Waals surface area (Å²) < 4.78 is 28.6. The molecular weight excluding hydrogens is 252 g/mol. The number of nitrogens with zero attached hydrogens (tertiary/aromatic N) is 1. The van der Waals surface area contributed by atoms with Gasteiger partial charge < -0.3 is 9.67 Å². The van der Waals surface area contributed by atoms with Crippen molar-refractivity contribution in [1.82, 2.24) is 9.29 Å². The summed E-state index contributed by atoms with van der Waals surface area (Å²) in [6.45, 7) is 7.91. The van der Waals surface area contributed by atoms with Crippen LogP contribution in [-0.2, 0) is 23.2 Å². The molecule has 0 aliphatic rings. The third-order valence-corrected chi connectivity index (χ3v) is 4.06. The van der Waals surface area contributed by atoms with E-state index in [2.05, 4.69) is 4.72 Å². The van der Waals surface area contributed by atoms with E-state index in [1.807, 2.05) is 6.92 Å². The van der Waals surface area contributed by atoms with Crippen LogP contribution in [0.4, 0.5) is 0 Å². The second-order valence-corrected chi connectivity index (χ2v) is 7.06. The lowest BCUT2D eigenvalue weighted by atomic mass is 10.1. The van der Waals surface area contributed by atoms with E-state index in [1.165, 1.54) is 6.07 Å². The van der Waals surface area contributed by atoms with Crippen LogP contribution in [0.1, 0.15) is 39.8 Å². The lowest BCUT2D eigenvalue weighted by Gasteiger charge is -2.19. The zero-order chi connectivity index (χ0) is 14.0. The van der Waals surface area contributed by atoms with E-state index in [0.29, 0.717) is 12.2 Å². The van der Waals surface area contributed by atoms with Gasteiger partial charge in [-0.25, -0.2) is 13.1 Å². The van der Waals surface area contributed by atoms with E-state index in [0.717, 1.165) is 6.42 Å². The van der Waals surface area contributed by atoms with Gasteiger partial charge in [0.15, 0.2) is 0 Å². The smallest absolute Gasteiger partial charge is 0.242 e. The van der Waals surface area contributed by atoms with Crippen LogP contribution >= 0.6 is 0 Å². The summed E-state index contributed by atoms with van der Waals surface area (Å²) in [4.78, 5) is 0.204. The molecule has 0 aliphatic carbocycles. The molecule has 0 saturated carbocycles. The van der Waals surface area contributed by atoms with E-state index < -0.39 is 15.6 Å². The Balaban J connectivity index is 3.10. The summed E-state index contributed by atoms with van der Waals surface area (Å²) >= 11 is 0. The largest absolute Gasteiger partial charge is 0.390 e. The molecule has 0 aliphatic heterocycles. The molecule has 18 heavy (non-hydrogen) atoms. The SMILES string of the molecule is CCCn1cc(S(=O)(=O)NC(C)(C)C)cc1CO. The lowest BCUT2D eigenvalue weighted by molar-refractivity contribution is 0.270. The van der Waals surface area contributed by atoms with Crippen LogP contribution < -0.4 is 4.72 Å². The molecule has 1 aromatic rings. The Morgan fingerprint density at radius 2 is 2.00 bits per heavy atom. The topological polar surface area (TPSA) is 71.3 Å². The Bertz CT molecular complexity index is 498. The molecule has 0 aromatic carbocycles. The number of aryl methyl sites for hydroxylation is 1. The molecule has 0 bridgehead atoms. The van der Waals surface area contributed by atoms with E-state index in [1.54, 1.807) is 31.5 Å². The van der Waals surface area contributed by atoms with Crippen LogP contribution in [-0.4, -0.2) is 23.6 Å². The van der Waals surface area contributed by atoms with Crippen molar-refractivity contribution in [1.29, 1.82) is 0 Å². The molecular formula is C12H22N2O3S. The number of hydrogen-bond donors (Lipinski definition) is 2. The third kappa shape index (κ3) is 3.83. The van der Waals surface area contributed by atoms with Gasteiger partial charge in [0.2, 0.25) is 10.0 Å². The summed E-state index contributed by atoms with van der Waals surface area (Å²) in [6, 6.07) is 1.52. The monoisotopic (exact) mass is 274 g/mol. The molecule has 0 spiro atoms. The highest BCUT2D eigenvalue weighted by molar-refractivity contribution is 7.89. The van der Waals surface area contributed by atoms with E-state index in [4.69, 9.17) is 0 Å². The molecule has 5 nitrogen and oxygen atoms in total. The first-order valence-corrected chi connectivity index (χ1v) is 7.52. The van der Waals surface area contributed by atoms with Gasteiger partial charge in [0.1, 0.15) is 0 Å². The van der Waals surface area contributed by atoms with Gasteiger partial charge in [-0.3, -0.25) is 0 Å². The first-order valence-electron chi connectivity index (χ1n) is 6.03. The highest BCUT2D eigenvalue weighted by Gasteiger charge is 2.23. The van der Waals surface area contributed by atoms with Crippen LogP contribution in [0.5, 0.6) is 0 Å². The van der Waals surface area contributed by atoms with Gasteiger partial charge in [0.05, 0.1) is 11.5 Å². The number of hydrogen-bond acceptors (Lipinski definition) is 3. The standard InChI is InChI=1S/C12H22N2O3S/c1-5-6-14-8-11(7-10(14)9-15)18(16,17)13-12(2,3)4/h7-8,13,15H,5-6,9H2,1-4H3. The fraction of sp³-hybridized carbons (Fsp3) is 0.667. The second kappa shape index (κ2) is 5.42. The molecule has 1 heterocycles. The van der Waals surface area contributed by atoms with Crippen molar-refractivity contribution < 1.29 is 13.5 Å². The molecule has 0 radical (unpaired) electrons. The third-order valence-electron chi connectivity index (χ3n) is 2.34. The van der Waals surface area contributed by atoms with Gasteiger partial charge in [-0.1, -0.05) is 6.92 Å². The average molecular weight is 274 g/mol. The predicted molar refractivity (Wildman–Crippen MR) is 70.7 cm³/mol. The van der Waals surface area contributed by atoms with Crippen molar-refractivity contribution in [2.45, 2.75) is 57.7 Å². The van der Waals surface area contributed by atoms with Crippen LogP contribution in [0, 0.1) is 0 Å². The fourth-order valence-corrected chi connectivity index (χ4v) is 3.20. The second-order valence-electron chi connectivity index (χ2n) is 5.37. The molecule has 1 aromatic heterocycles. The summed E-state index contributed by atoms with van der Waals surface area (Å²) in [5, 5.41) is 9.22. The Kier molecular flexibility index (Phi) is 4.58. The minimum atomic E-state index is -3.53. The predicted octanol–water partition coefficient (Wildman–Crippen LogP) is 1.47. The van der Waals surface area contributed by atoms with E-state index >= 15 is 0 Å². The van der Waals surface area contributed by atoms with Crippen molar-refractivity contribution in [2.24, 2.45) is 0 Å². The molecule has 0 unspecified atom stereocenters. The summed E-state index contributed by atoms with van der Waals surface area (Å²) in [6.07, 6.45) is 2.46. The quantitative estimate of drug-likeness (QED) is 0.854. The van der Waals surface area contributed by atoms with Crippen molar-refractivity contribution in [2.75, 3.05) is 0 Å². The molecule has 2 N–H and O–H groups in total. The maximum Gasteiger partial charge on any atom is 0.242 e. The molecule has 0 atom stereocenters. The zero-order valence-electron chi connectivity index (χ0n) is 11.4. The lowest BCUT2D eigenvalue weighted by Crippen LogP contribution is -2.40. The number of sulfonamides is 1. The highest BCUT2D eigenvalue weighted by Crippen LogP contribution is 2.17. The molecule has 104 valence electrons. The van der Waals surface area contributed by atoms with Crippen molar-refractivity contribution >= 4 is 10.0 Å². The molecule has 0 saturated heterocycles. The molecule has 0 fully saturated rings. The Labute approximate surface area is 109 Å². The maximum absolute atomic E-state index is 12.1. The maximum atomic E-state index is 12.1. The van der Waals surface area contributed by atoms with Crippen molar-refractivity contribution in [3.63, 3.8) is 0 Å². The van der Waals surface area contributed by atoms with E-state index in [9.17, 15) is 13.5 Å². The van der Waals surface area contributed by atoms with Crippen LogP contribution in [0.3, 0.4) is 0 Å². The Hall–Kier alpha value is -0.850. The van der Waals surface area contributed by atoms with Crippen LogP contribution in [0.25, 0.3) is 0 Å². The van der Waals surface area contributed by atoms with Gasteiger partial charge in [0.25, 0.3) is 0 Å². The van der Waals surface area contributed by atoms with Crippen LogP contribution in [0.2, 0.25) is 0 Å². The number of rotatable bonds is 5. The number of aliphatic hydroxyl groups excluding tert-OH is 1.